The molecule has 0 fully saturated rings. The number of hydrogen-bond acceptors (Lipinski definition) is 4. The lowest BCUT2D eigenvalue weighted by molar-refractivity contribution is -0.137. The molecule has 0 aliphatic rings. The molecule has 0 unspecified atom stereocenters. The zero-order valence-corrected chi connectivity index (χ0v) is 15.8. The highest BCUT2D eigenvalue weighted by Gasteiger charge is 2.30. The minimum atomic E-state index is -4.48. The summed E-state index contributed by atoms with van der Waals surface area (Å²) in [5.74, 6) is 0.0448. The monoisotopic (exact) mass is 397 g/mol. The first-order chi connectivity index (χ1) is 13.1. The number of alkyl halides is 3. The van der Waals surface area contributed by atoms with Crippen molar-refractivity contribution in [2.24, 2.45) is 5.92 Å². The molecule has 1 N–H and O–H groups in total. The average Bonchev–Trinajstić information content (AvgIpc) is 3.01. The van der Waals surface area contributed by atoms with E-state index in [4.69, 9.17) is 4.52 Å². The van der Waals surface area contributed by atoms with Gasteiger partial charge in [0.15, 0.2) is 5.82 Å². The van der Waals surface area contributed by atoms with Gasteiger partial charge in [0.05, 0.1) is 5.56 Å². The number of carbonyl (C=O) groups is 2. The van der Waals surface area contributed by atoms with Gasteiger partial charge in [-0.15, -0.1) is 0 Å². The molecule has 0 bridgehead atoms. The standard InChI is InChI=1S/C19H22F3N3O3/c1-12(2)8-9-25(11-17(26)23-16-10-13(3)28-24-16)18(27)14-4-6-15(7-5-14)19(20,21)22/h4-7,10,12H,8-9,11H2,1-3H3,(H,23,24,26). The second-order valence-corrected chi connectivity index (χ2v) is 6.86. The Labute approximate surface area is 160 Å². The Morgan fingerprint density at radius 2 is 1.86 bits per heavy atom. The lowest BCUT2D eigenvalue weighted by Gasteiger charge is -2.23. The molecule has 9 heteroatoms. The molecule has 0 radical (unpaired) electrons. The summed E-state index contributed by atoms with van der Waals surface area (Å²) < 4.78 is 43.0. The first kappa shape index (κ1) is 21.5. The van der Waals surface area contributed by atoms with Gasteiger partial charge >= 0.3 is 6.18 Å². The number of aromatic nitrogens is 1. The van der Waals surface area contributed by atoms with Crippen LogP contribution in [0.25, 0.3) is 0 Å². The van der Waals surface area contributed by atoms with Gasteiger partial charge in [0, 0.05) is 18.2 Å². The molecular weight excluding hydrogens is 375 g/mol. The van der Waals surface area contributed by atoms with Crippen LogP contribution in [0.15, 0.2) is 34.9 Å². The molecule has 0 atom stereocenters. The molecule has 0 aliphatic carbocycles. The lowest BCUT2D eigenvalue weighted by Crippen LogP contribution is -2.39. The number of carbonyl (C=O) groups excluding carboxylic acids is 2. The topological polar surface area (TPSA) is 75.4 Å². The fourth-order valence-corrected chi connectivity index (χ4v) is 2.43. The summed E-state index contributed by atoms with van der Waals surface area (Å²) in [5.41, 5.74) is -0.751. The van der Waals surface area contributed by atoms with Gasteiger partial charge in [-0.2, -0.15) is 13.2 Å². The molecule has 2 amide bonds. The summed E-state index contributed by atoms with van der Waals surface area (Å²) in [6.45, 7) is 5.66. The van der Waals surface area contributed by atoms with Gasteiger partial charge in [0.1, 0.15) is 12.3 Å². The van der Waals surface area contributed by atoms with E-state index in [1.54, 1.807) is 6.92 Å². The Morgan fingerprint density at radius 3 is 2.36 bits per heavy atom. The van der Waals surface area contributed by atoms with E-state index in [-0.39, 0.29) is 23.8 Å². The number of benzene rings is 1. The molecule has 0 saturated carbocycles. The number of amides is 2. The van der Waals surface area contributed by atoms with E-state index in [0.717, 1.165) is 24.3 Å². The van der Waals surface area contributed by atoms with E-state index in [9.17, 15) is 22.8 Å². The highest BCUT2D eigenvalue weighted by atomic mass is 19.4. The van der Waals surface area contributed by atoms with E-state index >= 15 is 0 Å². The minimum absolute atomic E-state index is 0.0850. The summed E-state index contributed by atoms with van der Waals surface area (Å²) in [7, 11) is 0. The SMILES string of the molecule is Cc1cc(NC(=O)CN(CCC(C)C)C(=O)c2ccc(C(F)(F)F)cc2)no1. The molecule has 1 aromatic carbocycles. The zero-order chi connectivity index (χ0) is 20.9. The van der Waals surface area contributed by atoms with Crippen molar-refractivity contribution in [2.45, 2.75) is 33.4 Å². The van der Waals surface area contributed by atoms with Crippen LogP contribution in [0, 0.1) is 12.8 Å². The van der Waals surface area contributed by atoms with Gasteiger partial charge in [0.25, 0.3) is 5.91 Å². The average molecular weight is 397 g/mol. The van der Waals surface area contributed by atoms with Crippen molar-refractivity contribution in [3.05, 3.63) is 47.2 Å². The van der Waals surface area contributed by atoms with Gasteiger partial charge in [-0.05, 0) is 43.5 Å². The van der Waals surface area contributed by atoms with Gasteiger partial charge in [-0.25, -0.2) is 0 Å². The number of rotatable bonds is 7. The van der Waals surface area contributed by atoms with Crippen molar-refractivity contribution in [1.29, 1.82) is 0 Å². The molecular formula is C19H22F3N3O3. The van der Waals surface area contributed by atoms with Gasteiger partial charge in [-0.3, -0.25) is 9.59 Å². The van der Waals surface area contributed by atoms with Crippen LogP contribution in [0.4, 0.5) is 19.0 Å². The number of hydrogen-bond donors (Lipinski definition) is 1. The second-order valence-electron chi connectivity index (χ2n) is 6.86. The molecule has 0 saturated heterocycles. The first-order valence-electron chi connectivity index (χ1n) is 8.76. The van der Waals surface area contributed by atoms with E-state index < -0.39 is 23.6 Å². The quantitative estimate of drug-likeness (QED) is 0.762. The Balaban J connectivity index is 2.12. The predicted molar refractivity (Wildman–Crippen MR) is 96.7 cm³/mol. The van der Waals surface area contributed by atoms with Crippen LogP contribution in [0.1, 0.15) is 41.9 Å². The largest absolute Gasteiger partial charge is 0.416 e. The Morgan fingerprint density at radius 1 is 1.21 bits per heavy atom. The third-order valence-corrected chi connectivity index (χ3v) is 3.95. The van der Waals surface area contributed by atoms with Crippen molar-refractivity contribution < 1.29 is 27.3 Å². The van der Waals surface area contributed by atoms with Crippen LogP contribution in [-0.2, 0) is 11.0 Å². The predicted octanol–water partition coefficient (Wildman–Crippen LogP) is 4.13. The third-order valence-electron chi connectivity index (χ3n) is 3.95. The molecule has 1 aromatic heterocycles. The third kappa shape index (κ3) is 6.11. The molecule has 0 spiro atoms. The van der Waals surface area contributed by atoms with Gasteiger partial charge in [0.2, 0.25) is 5.91 Å². The summed E-state index contributed by atoms with van der Waals surface area (Å²) in [4.78, 5) is 26.3. The maximum Gasteiger partial charge on any atom is 0.416 e. The summed E-state index contributed by atoms with van der Waals surface area (Å²) >= 11 is 0. The van der Waals surface area contributed by atoms with E-state index in [1.165, 1.54) is 11.0 Å². The van der Waals surface area contributed by atoms with Crippen LogP contribution in [-0.4, -0.2) is 35.0 Å². The summed E-state index contributed by atoms with van der Waals surface area (Å²) in [6, 6.07) is 5.48. The maximum absolute atomic E-state index is 12.7. The van der Waals surface area contributed by atoms with Crippen molar-refractivity contribution in [3.8, 4) is 0 Å². The highest BCUT2D eigenvalue weighted by molar-refractivity contribution is 5.99. The number of nitrogens with one attached hydrogen (secondary N) is 1. The molecule has 6 nitrogen and oxygen atoms in total. The minimum Gasteiger partial charge on any atom is -0.360 e. The molecule has 152 valence electrons. The van der Waals surface area contributed by atoms with Crippen LogP contribution >= 0.6 is 0 Å². The van der Waals surface area contributed by atoms with Crippen LogP contribution in [0.3, 0.4) is 0 Å². The lowest BCUT2D eigenvalue weighted by atomic mass is 10.1. The number of anilines is 1. The molecule has 28 heavy (non-hydrogen) atoms. The van der Waals surface area contributed by atoms with E-state index in [0.29, 0.717) is 18.7 Å². The Hall–Kier alpha value is -2.84. The van der Waals surface area contributed by atoms with Gasteiger partial charge < -0.3 is 14.7 Å². The van der Waals surface area contributed by atoms with Gasteiger partial charge in [-0.1, -0.05) is 19.0 Å². The smallest absolute Gasteiger partial charge is 0.360 e. The van der Waals surface area contributed by atoms with Crippen LogP contribution in [0.2, 0.25) is 0 Å². The number of aryl methyl sites for hydroxylation is 1. The van der Waals surface area contributed by atoms with E-state index in [2.05, 4.69) is 10.5 Å². The van der Waals surface area contributed by atoms with Crippen molar-refractivity contribution >= 4 is 17.6 Å². The Kier molecular flexibility index (Phi) is 6.82. The fraction of sp³-hybridized carbons (Fsp3) is 0.421. The molecule has 2 rings (SSSR count). The second kappa shape index (κ2) is 8.90. The zero-order valence-electron chi connectivity index (χ0n) is 15.8. The molecule has 0 aliphatic heterocycles. The fourth-order valence-electron chi connectivity index (χ4n) is 2.43. The number of halogens is 3. The van der Waals surface area contributed by atoms with Crippen molar-refractivity contribution in [2.75, 3.05) is 18.4 Å². The molecule has 1 heterocycles. The summed E-state index contributed by atoms with van der Waals surface area (Å²) in [6.07, 6.45) is -3.84. The summed E-state index contributed by atoms with van der Waals surface area (Å²) in [5, 5.41) is 6.19. The normalized spacial score (nSPS) is 11.5. The van der Waals surface area contributed by atoms with Crippen LogP contribution in [0.5, 0.6) is 0 Å². The van der Waals surface area contributed by atoms with E-state index in [1.807, 2.05) is 13.8 Å². The highest BCUT2D eigenvalue weighted by Crippen LogP contribution is 2.29. The first-order valence-corrected chi connectivity index (χ1v) is 8.76. The molecule has 2 aromatic rings. The van der Waals surface area contributed by atoms with Crippen molar-refractivity contribution in [1.82, 2.24) is 10.1 Å². The maximum atomic E-state index is 12.7. The van der Waals surface area contributed by atoms with Crippen LogP contribution < -0.4 is 5.32 Å². The number of nitrogens with zero attached hydrogens (tertiary/aromatic N) is 2. The Bertz CT molecular complexity index is 814. The van der Waals surface area contributed by atoms with Crippen molar-refractivity contribution in [3.63, 3.8) is 0 Å².